The summed E-state index contributed by atoms with van der Waals surface area (Å²) in [5.41, 5.74) is 4.92. The zero-order chi connectivity index (χ0) is 14.3. The molecule has 0 amide bonds. The number of rotatable bonds is 2. The smallest absolute Gasteiger partial charge is 0.0471 e. The fraction of sp³-hybridized carbons (Fsp3) is 0.667. The Morgan fingerprint density at radius 1 is 1.27 bits per heavy atom. The van der Waals surface area contributed by atoms with Crippen LogP contribution in [0.5, 0.6) is 0 Å². The second-order valence-electron chi connectivity index (χ2n) is 7.00. The molecule has 3 aliphatic rings. The standard InChI is InChI=1S/C18H26N2O.ClH/c1-14-18(7-11-21-12-8-18)6-10-20(14)13-16-4-2-3-15-5-9-19-17(15)16;/h2-4,14,19H,5-13H2,1H3;1H. The van der Waals surface area contributed by atoms with Gasteiger partial charge in [-0.25, -0.2) is 0 Å². The number of nitrogens with zero attached hydrogens (tertiary/aromatic N) is 1. The van der Waals surface area contributed by atoms with Crippen LogP contribution in [-0.4, -0.2) is 37.2 Å². The van der Waals surface area contributed by atoms with Crippen molar-refractivity contribution in [2.45, 2.75) is 45.2 Å². The quantitative estimate of drug-likeness (QED) is 0.902. The fourth-order valence-corrected chi connectivity index (χ4v) is 4.58. The third-order valence-electron chi connectivity index (χ3n) is 6.13. The van der Waals surface area contributed by atoms with Gasteiger partial charge in [-0.3, -0.25) is 4.90 Å². The highest BCUT2D eigenvalue weighted by Crippen LogP contribution is 2.45. The van der Waals surface area contributed by atoms with Crippen molar-refractivity contribution in [3.8, 4) is 0 Å². The van der Waals surface area contributed by atoms with Crippen molar-refractivity contribution in [1.29, 1.82) is 0 Å². The summed E-state index contributed by atoms with van der Waals surface area (Å²) >= 11 is 0. The number of hydrogen-bond donors (Lipinski definition) is 1. The molecular formula is C18H27ClN2O. The lowest BCUT2D eigenvalue weighted by Crippen LogP contribution is -2.40. The Morgan fingerprint density at radius 2 is 2.09 bits per heavy atom. The lowest BCUT2D eigenvalue weighted by atomic mass is 9.74. The summed E-state index contributed by atoms with van der Waals surface area (Å²) in [7, 11) is 0. The molecule has 4 rings (SSSR count). The molecule has 2 saturated heterocycles. The lowest BCUT2D eigenvalue weighted by Gasteiger charge is -2.39. The first-order valence-corrected chi connectivity index (χ1v) is 8.45. The van der Waals surface area contributed by atoms with Gasteiger partial charge in [-0.05, 0) is 55.7 Å². The minimum absolute atomic E-state index is 0. The molecule has 1 unspecified atom stereocenters. The maximum absolute atomic E-state index is 5.59. The number of benzene rings is 1. The molecule has 0 aliphatic carbocycles. The van der Waals surface area contributed by atoms with E-state index < -0.39 is 0 Å². The lowest BCUT2D eigenvalue weighted by molar-refractivity contribution is -0.00148. The normalized spacial score (nSPS) is 26.5. The molecular weight excluding hydrogens is 296 g/mol. The summed E-state index contributed by atoms with van der Waals surface area (Å²) < 4.78 is 5.59. The molecule has 22 heavy (non-hydrogen) atoms. The molecule has 1 aromatic rings. The van der Waals surface area contributed by atoms with Crippen LogP contribution in [0.25, 0.3) is 0 Å². The summed E-state index contributed by atoms with van der Waals surface area (Å²) in [5.74, 6) is 0. The first-order valence-electron chi connectivity index (χ1n) is 8.45. The molecule has 0 saturated carbocycles. The molecule has 3 nitrogen and oxygen atoms in total. The van der Waals surface area contributed by atoms with Crippen LogP contribution in [0.3, 0.4) is 0 Å². The fourth-order valence-electron chi connectivity index (χ4n) is 4.58. The van der Waals surface area contributed by atoms with Crippen LogP contribution in [0.1, 0.15) is 37.3 Å². The van der Waals surface area contributed by atoms with Crippen molar-refractivity contribution in [1.82, 2.24) is 4.90 Å². The molecule has 1 aromatic carbocycles. The molecule has 3 heterocycles. The van der Waals surface area contributed by atoms with Gasteiger partial charge in [0.05, 0.1) is 0 Å². The second kappa shape index (κ2) is 6.38. The van der Waals surface area contributed by atoms with Crippen molar-refractivity contribution in [2.75, 3.05) is 31.6 Å². The van der Waals surface area contributed by atoms with E-state index in [4.69, 9.17) is 4.74 Å². The van der Waals surface area contributed by atoms with Gasteiger partial charge < -0.3 is 10.1 Å². The second-order valence-corrected chi connectivity index (χ2v) is 7.00. The molecule has 122 valence electrons. The summed E-state index contributed by atoms with van der Waals surface area (Å²) in [5, 5.41) is 3.58. The van der Waals surface area contributed by atoms with Crippen molar-refractivity contribution in [2.24, 2.45) is 5.41 Å². The van der Waals surface area contributed by atoms with Crippen molar-refractivity contribution in [3.63, 3.8) is 0 Å². The summed E-state index contributed by atoms with van der Waals surface area (Å²) in [4.78, 5) is 2.70. The van der Waals surface area contributed by atoms with Crippen molar-refractivity contribution in [3.05, 3.63) is 29.3 Å². The van der Waals surface area contributed by atoms with Gasteiger partial charge in [0.15, 0.2) is 0 Å². The maximum Gasteiger partial charge on any atom is 0.0471 e. The van der Waals surface area contributed by atoms with Gasteiger partial charge in [0.25, 0.3) is 0 Å². The molecule has 1 spiro atoms. The Kier molecular flexibility index (Phi) is 4.67. The minimum atomic E-state index is 0. The van der Waals surface area contributed by atoms with Gasteiger partial charge in [0.2, 0.25) is 0 Å². The Hall–Kier alpha value is -0.770. The van der Waals surface area contributed by atoms with E-state index in [9.17, 15) is 0 Å². The van der Waals surface area contributed by atoms with E-state index in [1.54, 1.807) is 0 Å². The Bertz CT molecular complexity index is 528. The van der Waals surface area contributed by atoms with E-state index in [1.165, 1.54) is 49.0 Å². The van der Waals surface area contributed by atoms with Gasteiger partial charge in [-0.2, -0.15) is 0 Å². The molecule has 1 atom stereocenters. The van der Waals surface area contributed by atoms with E-state index in [-0.39, 0.29) is 12.4 Å². The number of anilines is 1. The number of ether oxygens (including phenoxy) is 1. The molecule has 2 fully saturated rings. The van der Waals surface area contributed by atoms with Gasteiger partial charge >= 0.3 is 0 Å². The SMILES string of the molecule is CC1N(Cc2cccc3c2NCC3)CCC12CCOCC2.Cl. The molecule has 3 aliphatic heterocycles. The highest BCUT2D eigenvalue weighted by Gasteiger charge is 2.45. The predicted octanol–water partition coefficient (Wildman–Crippen LogP) is 3.47. The van der Waals surface area contributed by atoms with E-state index in [0.29, 0.717) is 11.5 Å². The summed E-state index contributed by atoms with van der Waals surface area (Å²) in [6.07, 6.45) is 5.02. The Labute approximate surface area is 139 Å². The molecule has 0 bridgehead atoms. The van der Waals surface area contributed by atoms with E-state index in [2.05, 4.69) is 35.3 Å². The third kappa shape index (κ3) is 2.64. The van der Waals surface area contributed by atoms with E-state index in [0.717, 1.165) is 26.3 Å². The predicted molar refractivity (Wildman–Crippen MR) is 92.9 cm³/mol. The van der Waals surface area contributed by atoms with Gasteiger partial charge in [-0.1, -0.05) is 18.2 Å². The number of likely N-dealkylation sites (tertiary alicyclic amines) is 1. The van der Waals surface area contributed by atoms with Crippen LogP contribution < -0.4 is 5.32 Å². The number of nitrogens with one attached hydrogen (secondary N) is 1. The zero-order valence-electron chi connectivity index (χ0n) is 13.4. The third-order valence-corrected chi connectivity index (χ3v) is 6.13. The molecule has 1 N–H and O–H groups in total. The molecule has 0 aromatic heterocycles. The minimum Gasteiger partial charge on any atom is -0.384 e. The average Bonchev–Trinajstić information content (AvgIpc) is 3.10. The van der Waals surface area contributed by atoms with Gasteiger partial charge in [0.1, 0.15) is 0 Å². The van der Waals surface area contributed by atoms with Crippen LogP contribution >= 0.6 is 12.4 Å². The Balaban J connectivity index is 0.00000144. The molecule has 0 radical (unpaired) electrons. The van der Waals surface area contributed by atoms with Crippen LogP contribution in [-0.2, 0) is 17.7 Å². The van der Waals surface area contributed by atoms with E-state index >= 15 is 0 Å². The average molecular weight is 323 g/mol. The zero-order valence-corrected chi connectivity index (χ0v) is 14.3. The summed E-state index contributed by atoms with van der Waals surface area (Å²) in [6, 6.07) is 7.48. The topological polar surface area (TPSA) is 24.5 Å². The highest BCUT2D eigenvalue weighted by molar-refractivity contribution is 5.85. The largest absolute Gasteiger partial charge is 0.384 e. The van der Waals surface area contributed by atoms with E-state index in [1.807, 2.05) is 0 Å². The monoisotopic (exact) mass is 322 g/mol. The molecule has 4 heteroatoms. The van der Waals surface area contributed by atoms with Gasteiger partial charge in [-0.15, -0.1) is 12.4 Å². The first-order chi connectivity index (χ1) is 10.3. The van der Waals surface area contributed by atoms with Crippen LogP contribution in [0, 0.1) is 5.41 Å². The number of fused-ring (bicyclic) bond motifs is 1. The highest BCUT2D eigenvalue weighted by atomic mass is 35.5. The summed E-state index contributed by atoms with van der Waals surface area (Å²) in [6.45, 7) is 7.80. The number of halogens is 1. The van der Waals surface area contributed by atoms with Crippen molar-refractivity contribution < 1.29 is 4.74 Å². The number of hydrogen-bond acceptors (Lipinski definition) is 3. The van der Waals surface area contributed by atoms with Crippen LogP contribution in [0.15, 0.2) is 18.2 Å². The Morgan fingerprint density at radius 3 is 2.91 bits per heavy atom. The number of para-hydroxylation sites is 1. The van der Waals surface area contributed by atoms with Gasteiger partial charge in [0, 0.05) is 38.0 Å². The first kappa shape index (κ1) is 16.1. The van der Waals surface area contributed by atoms with Crippen molar-refractivity contribution >= 4 is 18.1 Å². The van der Waals surface area contributed by atoms with Crippen LogP contribution in [0.2, 0.25) is 0 Å². The maximum atomic E-state index is 5.59. The van der Waals surface area contributed by atoms with Crippen LogP contribution in [0.4, 0.5) is 5.69 Å².